The summed E-state index contributed by atoms with van der Waals surface area (Å²) in [6.07, 6.45) is 0. The Morgan fingerprint density at radius 1 is 1.33 bits per heavy atom. The van der Waals surface area contributed by atoms with Gasteiger partial charge < -0.3 is 14.7 Å². The number of hydrogen-bond acceptors (Lipinski definition) is 6. The van der Waals surface area contributed by atoms with Crippen LogP contribution in [0.4, 0.5) is 0 Å². The summed E-state index contributed by atoms with van der Waals surface area (Å²) in [5, 5.41) is 10.9. The monoisotopic (exact) mass is 237 g/mol. The van der Waals surface area contributed by atoms with Gasteiger partial charge in [0.25, 0.3) is 0 Å². The van der Waals surface area contributed by atoms with Crippen molar-refractivity contribution in [2.45, 2.75) is 0 Å². The molecule has 15 heavy (non-hydrogen) atoms. The number of carbonyl (C=O) groups excluding carboxylic acids is 2. The maximum absolute atomic E-state index is 11.3. The van der Waals surface area contributed by atoms with Crippen LogP contribution in [0, 0.1) is 5.92 Å². The van der Waals surface area contributed by atoms with Crippen LogP contribution in [0.3, 0.4) is 0 Å². The number of oxime groups is 1. The van der Waals surface area contributed by atoms with Gasteiger partial charge >= 0.3 is 11.9 Å². The van der Waals surface area contributed by atoms with Gasteiger partial charge in [0.05, 0.1) is 7.11 Å². The van der Waals surface area contributed by atoms with E-state index in [-0.39, 0.29) is 0 Å². The first-order chi connectivity index (χ1) is 6.95. The highest BCUT2D eigenvalue weighted by atomic mass is 35.5. The van der Waals surface area contributed by atoms with Gasteiger partial charge in [-0.05, 0) is 0 Å². The number of aliphatic carboxylic acids is 1. The molecule has 0 spiro atoms. The van der Waals surface area contributed by atoms with Gasteiger partial charge in [-0.15, -0.1) is 0 Å². The van der Waals surface area contributed by atoms with Crippen LogP contribution in [0.2, 0.25) is 0 Å². The molecule has 1 atom stereocenters. The smallest absolute Gasteiger partial charge is 0.328 e. The molecule has 0 saturated carbocycles. The highest BCUT2D eigenvalue weighted by Crippen LogP contribution is 2.06. The summed E-state index contributed by atoms with van der Waals surface area (Å²) in [5.74, 6) is -6.12. The average Bonchev–Trinajstić information content (AvgIpc) is 2.17. The molecule has 0 aromatic rings. The normalized spacial score (nSPS) is 12.9. The molecule has 0 bridgehead atoms. The molecule has 0 aliphatic rings. The van der Waals surface area contributed by atoms with E-state index in [4.69, 9.17) is 16.7 Å². The molecule has 0 saturated heterocycles. The van der Waals surface area contributed by atoms with Crippen molar-refractivity contribution in [3.8, 4) is 0 Å². The number of carboxylic acids is 1. The molecule has 0 aromatic carbocycles. The first kappa shape index (κ1) is 13.4. The zero-order valence-electron chi connectivity index (χ0n) is 7.89. The Bertz CT molecular complexity index is 313. The fourth-order valence-corrected chi connectivity index (χ4v) is 0.860. The van der Waals surface area contributed by atoms with Crippen LogP contribution in [-0.2, 0) is 24.0 Å². The highest BCUT2D eigenvalue weighted by Gasteiger charge is 2.37. The molecule has 8 heteroatoms. The van der Waals surface area contributed by atoms with E-state index >= 15 is 0 Å². The van der Waals surface area contributed by atoms with Gasteiger partial charge in [0.1, 0.15) is 7.11 Å². The summed E-state index contributed by atoms with van der Waals surface area (Å²) in [4.78, 5) is 36.9. The predicted octanol–water partition coefficient (Wildman–Crippen LogP) is -0.372. The third-order valence-electron chi connectivity index (χ3n) is 1.32. The van der Waals surface area contributed by atoms with Crippen LogP contribution in [0.5, 0.6) is 0 Å². The molecular formula is C7H8ClNO6. The Labute approximate surface area is 89.6 Å². The second kappa shape index (κ2) is 5.97. The summed E-state index contributed by atoms with van der Waals surface area (Å²) >= 11 is 5.28. The van der Waals surface area contributed by atoms with Gasteiger partial charge in [0, 0.05) is 0 Å². The summed E-state index contributed by atoms with van der Waals surface area (Å²) in [5.41, 5.74) is 0. The summed E-state index contributed by atoms with van der Waals surface area (Å²) in [6.45, 7) is 0. The molecule has 0 aromatic heterocycles. The van der Waals surface area contributed by atoms with E-state index in [1.807, 2.05) is 0 Å². The molecule has 0 amide bonds. The zero-order valence-corrected chi connectivity index (χ0v) is 8.65. The van der Waals surface area contributed by atoms with Gasteiger partial charge in [-0.1, -0.05) is 16.8 Å². The van der Waals surface area contributed by atoms with E-state index < -0.39 is 28.8 Å². The summed E-state index contributed by atoms with van der Waals surface area (Å²) < 4.78 is 4.13. The number of ether oxygens (including phenoxy) is 1. The van der Waals surface area contributed by atoms with E-state index in [0.29, 0.717) is 0 Å². The van der Waals surface area contributed by atoms with Crippen LogP contribution < -0.4 is 0 Å². The summed E-state index contributed by atoms with van der Waals surface area (Å²) in [7, 11) is 2.07. The maximum Gasteiger partial charge on any atom is 0.328 e. The van der Waals surface area contributed by atoms with E-state index in [0.717, 1.165) is 14.2 Å². The minimum absolute atomic E-state index is 0.740. The lowest BCUT2D eigenvalue weighted by atomic mass is 10.1. The first-order valence-electron chi connectivity index (χ1n) is 3.57. The number of rotatable bonds is 5. The Morgan fingerprint density at radius 2 is 1.87 bits per heavy atom. The topological polar surface area (TPSA) is 102 Å². The van der Waals surface area contributed by atoms with Crippen LogP contribution >= 0.6 is 11.6 Å². The molecular weight excluding hydrogens is 230 g/mol. The van der Waals surface area contributed by atoms with Crippen LogP contribution in [0.25, 0.3) is 0 Å². The summed E-state index contributed by atoms with van der Waals surface area (Å²) in [6, 6.07) is 0. The van der Waals surface area contributed by atoms with Crippen molar-refractivity contribution in [3.05, 3.63) is 0 Å². The molecule has 0 radical (unpaired) electrons. The van der Waals surface area contributed by atoms with Crippen molar-refractivity contribution >= 4 is 34.5 Å². The van der Waals surface area contributed by atoms with Crippen molar-refractivity contribution in [2.75, 3.05) is 14.2 Å². The first-order valence-corrected chi connectivity index (χ1v) is 3.95. The average molecular weight is 238 g/mol. The van der Waals surface area contributed by atoms with Crippen molar-refractivity contribution in [1.29, 1.82) is 0 Å². The van der Waals surface area contributed by atoms with Crippen LogP contribution in [0.15, 0.2) is 5.16 Å². The van der Waals surface area contributed by atoms with Crippen molar-refractivity contribution in [2.24, 2.45) is 11.1 Å². The fourth-order valence-electron chi connectivity index (χ4n) is 0.682. The van der Waals surface area contributed by atoms with Gasteiger partial charge in [0.2, 0.25) is 16.9 Å². The largest absolute Gasteiger partial charge is 0.480 e. The Balaban J connectivity index is 4.95. The second-order valence-corrected chi connectivity index (χ2v) is 2.58. The highest BCUT2D eigenvalue weighted by molar-refractivity contribution is 6.84. The van der Waals surface area contributed by atoms with Crippen molar-refractivity contribution < 1.29 is 29.1 Å². The molecule has 1 N–H and O–H groups in total. The predicted molar refractivity (Wildman–Crippen MR) is 48.4 cm³/mol. The van der Waals surface area contributed by atoms with E-state index in [9.17, 15) is 14.4 Å². The molecule has 1 unspecified atom stereocenters. The van der Waals surface area contributed by atoms with E-state index in [2.05, 4.69) is 14.7 Å². The van der Waals surface area contributed by atoms with Crippen molar-refractivity contribution in [3.63, 3.8) is 0 Å². The number of ketones is 1. The lowest BCUT2D eigenvalue weighted by molar-refractivity contribution is -0.158. The standard InChI is InChI=1S/C7H8ClNO6/c1-14-7(13)3(6(11)12)4(10)5(8)9-15-2/h3H,1-2H3,(H,11,12). The van der Waals surface area contributed by atoms with E-state index in [1.165, 1.54) is 0 Å². The van der Waals surface area contributed by atoms with Gasteiger partial charge in [-0.3, -0.25) is 14.4 Å². The number of methoxy groups -OCH3 is 1. The van der Waals surface area contributed by atoms with Crippen LogP contribution in [-0.4, -0.2) is 42.2 Å². The number of carbonyl (C=O) groups is 3. The SMILES string of the molecule is CON=C(Cl)C(=O)C(C(=O)O)C(=O)OC. The van der Waals surface area contributed by atoms with Gasteiger partial charge in [0.15, 0.2) is 0 Å². The molecule has 0 heterocycles. The lowest BCUT2D eigenvalue weighted by Crippen LogP contribution is -2.35. The second-order valence-electron chi connectivity index (χ2n) is 2.22. The van der Waals surface area contributed by atoms with Crippen LogP contribution in [0.1, 0.15) is 0 Å². The molecule has 84 valence electrons. The van der Waals surface area contributed by atoms with Gasteiger partial charge in [-0.2, -0.15) is 0 Å². The zero-order chi connectivity index (χ0) is 12.0. The van der Waals surface area contributed by atoms with Gasteiger partial charge in [-0.25, -0.2) is 0 Å². The quantitative estimate of drug-likeness (QED) is 0.303. The minimum Gasteiger partial charge on any atom is -0.480 e. The van der Waals surface area contributed by atoms with E-state index in [1.54, 1.807) is 0 Å². The number of halogens is 1. The lowest BCUT2D eigenvalue weighted by Gasteiger charge is -2.06. The Hall–Kier alpha value is -1.63. The number of carboxylic acid groups (broad SMARTS) is 1. The Morgan fingerprint density at radius 3 is 2.20 bits per heavy atom. The molecule has 0 fully saturated rings. The Kier molecular flexibility index (Phi) is 5.32. The fraction of sp³-hybridized carbons (Fsp3) is 0.429. The molecule has 0 aliphatic carbocycles. The maximum atomic E-state index is 11.3. The molecule has 0 rings (SSSR count). The number of nitrogens with zero attached hydrogens (tertiary/aromatic N) is 1. The number of Topliss-reactive ketones (excluding diaryl/α,β-unsaturated/α-hetero) is 1. The van der Waals surface area contributed by atoms with Crippen molar-refractivity contribution in [1.82, 2.24) is 0 Å². The number of hydrogen-bond donors (Lipinski definition) is 1. The minimum atomic E-state index is -2.03. The third kappa shape index (κ3) is 3.55. The third-order valence-corrected chi connectivity index (χ3v) is 1.58. The number of esters is 1. The molecule has 7 nitrogen and oxygen atoms in total. The molecule has 0 aliphatic heterocycles.